The topological polar surface area (TPSA) is 83.8 Å². The average molecular weight is 471 g/mol. The highest BCUT2D eigenvalue weighted by Gasteiger charge is 2.47. The molecule has 0 heterocycles. The van der Waals surface area contributed by atoms with E-state index < -0.39 is 10.1 Å². The third kappa shape index (κ3) is 6.19. The van der Waals surface area contributed by atoms with E-state index in [1.54, 1.807) is 13.8 Å². The van der Waals surface area contributed by atoms with Crippen LogP contribution in [0.15, 0.2) is 4.90 Å². The van der Waals surface area contributed by atoms with Crippen LogP contribution in [0.1, 0.15) is 105 Å². The summed E-state index contributed by atoms with van der Waals surface area (Å²) in [6, 6.07) is 0. The van der Waals surface area contributed by atoms with E-state index in [1.807, 2.05) is 0 Å². The first-order chi connectivity index (χ1) is 14.2. The molecule has 1 atom stereocenters. The molecule has 0 fully saturated rings. The third-order valence-electron chi connectivity index (χ3n) is 6.35. The average Bonchev–Trinajstić information content (AvgIpc) is 2.52. The molecule has 1 aromatic rings. The van der Waals surface area contributed by atoms with Crippen molar-refractivity contribution in [2.75, 3.05) is 7.11 Å². The van der Waals surface area contributed by atoms with Gasteiger partial charge in [-0.1, -0.05) is 69.2 Å². The molecule has 186 valence electrons. The number of methoxy groups -OCH3 is 1. The van der Waals surface area contributed by atoms with Crippen LogP contribution in [0.25, 0.3) is 0 Å². The molecule has 6 heteroatoms. The number of benzene rings is 1. The van der Waals surface area contributed by atoms with Crippen LogP contribution in [0.2, 0.25) is 0 Å². The molecule has 0 spiro atoms. The van der Waals surface area contributed by atoms with Gasteiger partial charge in [-0.05, 0) is 59.8 Å². The summed E-state index contributed by atoms with van der Waals surface area (Å²) in [5.74, 6) is 0.353. The molecule has 32 heavy (non-hydrogen) atoms. The van der Waals surface area contributed by atoms with Crippen LogP contribution in [-0.2, 0) is 16.5 Å². The van der Waals surface area contributed by atoms with Crippen molar-refractivity contribution in [2.24, 2.45) is 22.2 Å². The summed E-state index contributed by atoms with van der Waals surface area (Å²) in [7, 11) is -3.10. The fourth-order valence-corrected chi connectivity index (χ4v) is 7.66. The summed E-state index contributed by atoms with van der Waals surface area (Å²) in [6.45, 7) is 23.2. The molecular formula is C26H46O5S. The summed E-state index contributed by atoms with van der Waals surface area (Å²) in [6.07, 6.45) is 2.06. The smallest absolute Gasteiger partial charge is 0.295 e. The lowest BCUT2D eigenvalue weighted by Crippen LogP contribution is -2.38. The van der Waals surface area contributed by atoms with Crippen molar-refractivity contribution in [2.45, 2.75) is 106 Å². The van der Waals surface area contributed by atoms with Crippen LogP contribution in [0.5, 0.6) is 11.5 Å². The van der Waals surface area contributed by atoms with Gasteiger partial charge in [-0.3, -0.25) is 4.55 Å². The Labute approximate surface area is 196 Å². The molecule has 0 aliphatic heterocycles. The maximum Gasteiger partial charge on any atom is 0.295 e. The van der Waals surface area contributed by atoms with Crippen LogP contribution < -0.4 is 4.74 Å². The number of aromatic hydroxyl groups is 1. The Kier molecular flexibility index (Phi) is 8.57. The SMILES string of the molecule is CCc1c(OC)c(O)c(C(C(C)(C)CC(C)C)C(C)(C)CC(C)(C)C)c(C)c1S(=O)(=O)O. The Balaban J connectivity index is 4.20. The van der Waals surface area contributed by atoms with Crippen molar-refractivity contribution in [1.82, 2.24) is 0 Å². The Morgan fingerprint density at radius 2 is 1.50 bits per heavy atom. The van der Waals surface area contributed by atoms with Gasteiger partial charge in [0.15, 0.2) is 11.5 Å². The minimum atomic E-state index is -4.52. The van der Waals surface area contributed by atoms with Gasteiger partial charge in [-0.15, -0.1) is 0 Å². The first-order valence-electron chi connectivity index (χ1n) is 11.6. The summed E-state index contributed by atoms with van der Waals surface area (Å²) in [5.41, 5.74) is 0.758. The summed E-state index contributed by atoms with van der Waals surface area (Å²) < 4.78 is 40.7. The third-order valence-corrected chi connectivity index (χ3v) is 7.42. The number of phenols is 1. The zero-order valence-corrected chi connectivity index (χ0v) is 23.1. The maximum absolute atomic E-state index is 12.5. The molecule has 0 aliphatic rings. The summed E-state index contributed by atoms with van der Waals surface area (Å²) >= 11 is 0. The second-order valence-corrected chi connectivity index (χ2v) is 13.7. The van der Waals surface area contributed by atoms with E-state index in [1.165, 1.54) is 7.11 Å². The van der Waals surface area contributed by atoms with Gasteiger partial charge in [0.2, 0.25) is 0 Å². The molecule has 0 saturated carbocycles. The van der Waals surface area contributed by atoms with Gasteiger partial charge in [-0.2, -0.15) is 8.42 Å². The number of ether oxygens (including phenoxy) is 1. The van der Waals surface area contributed by atoms with E-state index in [-0.39, 0.29) is 38.6 Å². The maximum atomic E-state index is 12.5. The van der Waals surface area contributed by atoms with Crippen molar-refractivity contribution >= 4 is 10.1 Å². The molecule has 5 nitrogen and oxygen atoms in total. The van der Waals surface area contributed by atoms with Crippen molar-refractivity contribution in [3.63, 3.8) is 0 Å². The van der Waals surface area contributed by atoms with Crippen molar-refractivity contribution in [1.29, 1.82) is 0 Å². The van der Waals surface area contributed by atoms with E-state index in [9.17, 15) is 18.1 Å². The van der Waals surface area contributed by atoms with Gasteiger partial charge < -0.3 is 9.84 Å². The molecular weight excluding hydrogens is 424 g/mol. The van der Waals surface area contributed by atoms with Gasteiger partial charge in [0.1, 0.15) is 4.90 Å². The number of hydrogen-bond donors (Lipinski definition) is 2. The molecule has 2 N–H and O–H groups in total. The Morgan fingerprint density at radius 1 is 1.00 bits per heavy atom. The molecule has 0 amide bonds. The van der Waals surface area contributed by atoms with E-state index >= 15 is 0 Å². The van der Waals surface area contributed by atoms with Crippen LogP contribution in [0.3, 0.4) is 0 Å². The highest BCUT2D eigenvalue weighted by atomic mass is 32.2. The van der Waals surface area contributed by atoms with Gasteiger partial charge in [0.05, 0.1) is 7.11 Å². The van der Waals surface area contributed by atoms with E-state index in [4.69, 9.17) is 4.74 Å². The molecule has 0 aliphatic carbocycles. The predicted octanol–water partition coefficient (Wildman–Crippen LogP) is 7.14. The number of rotatable bonds is 9. The summed E-state index contributed by atoms with van der Waals surface area (Å²) in [5, 5.41) is 11.5. The van der Waals surface area contributed by atoms with E-state index in [0.29, 0.717) is 29.0 Å². The highest BCUT2D eigenvalue weighted by Crippen LogP contribution is 2.59. The molecule has 0 aromatic heterocycles. The van der Waals surface area contributed by atoms with Gasteiger partial charge in [-0.25, -0.2) is 0 Å². The Hall–Kier alpha value is -1.27. The molecule has 0 bridgehead atoms. The second kappa shape index (κ2) is 9.54. The first-order valence-corrected chi connectivity index (χ1v) is 13.0. The minimum absolute atomic E-state index is 0.0157. The molecule has 1 aromatic carbocycles. The Bertz CT molecular complexity index is 919. The van der Waals surface area contributed by atoms with Gasteiger partial charge in [0.25, 0.3) is 10.1 Å². The van der Waals surface area contributed by atoms with E-state index in [2.05, 4.69) is 62.3 Å². The van der Waals surface area contributed by atoms with Gasteiger partial charge >= 0.3 is 0 Å². The zero-order chi connectivity index (χ0) is 25.4. The number of phenolic OH excluding ortho intramolecular Hbond substituents is 1. The lowest BCUT2D eigenvalue weighted by Gasteiger charge is -2.49. The number of hydrogen-bond acceptors (Lipinski definition) is 4. The lowest BCUT2D eigenvalue weighted by atomic mass is 9.56. The standard InChI is InChI=1S/C26H46O5S/c1-13-18-21(31-12)20(27)19(17(4)22(18)32(28,29)30)23(25(8,9)14-16(2)3)26(10,11)15-24(5,6)7/h16,23,27H,13-15H2,1-12H3,(H,28,29,30). The first kappa shape index (κ1) is 28.8. The van der Waals surface area contributed by atoms with Crippen LogP contribution in [-0.4, -0.2) is 25.2 Å². The lowest BCUT2D eigenvalue weighted by molar-refractivity contribution is 0.0764. The zero-order valence-electron chi connectivity index (χ0n) is 22.3. The fourth-order valence-electron chi connectivity index (χ4n) is 6.62. The monoisotopic (exact) mass is 470 g/mol. The molecule has 0 radical (unpaired) electrons. The fraction of sp³-hybridized carbons (Fsp3) is 0.769. The van der Waals surface area contributed by atoms with Crippen molar-refractivity contribution in [3.05, 3.63) is 16.7 Å². The normalized spacial score (nSPS) is 14.7. The van der Waals surface area contributed by atoms with E-state index in [0.717, 1.165) is 12.8 Å². The molecule has 1 rings (SSSR count). The van der Waals surface area contributed by atoms with Crippen molar-refractivity contribution < 1.29 is 22.8 Å². The predicted molar refractivity (Wildman–Crippen MR) is 132 cm³/mol. The highest BCUT2D eigenvalue weighted by molar-refractivity contribution is 7.86. The Morgan fingerprint density at radius 3 is 1.84 bits per heavy atom. The van der Waals surface area contributed by atoms with Gasteiger partial charge in [0, 0.05) is 11.1 Å². The summed E-state index contributed by atoms with van der Waals surface area (Å²) in [4.78, 5) is -0.137. The van der Waals surface area contributed by atoms with Crippen LogP contribution in [0.4, 0.5) is 0 Å². The molecule has 0 saturated heterocycles. The van der Waals surface area contributed by atoms with Crippen molar-refractivity contribution in [3.8, 4) is 11.5 Å². The minimum Gasteiger partial charge on any atom is -0.504 e. The van der Waals surface area contributed by atoms with Crippen LogP contribution >= 0.6 is 0 Å². The second-order valence-electron chi connectivity index (χ2n) is 12.3. The molecule has 1 unspecified atom stereocenters. The van der Waals surface area contributed by atoms with Crippen LogP contribution in [0, 0.1) is 29.1 Å². The largest absolute Gasteiger partial charge is 0.504 e. The quantitative estimate of drug-likeness (QED) is 0.375.